The Labute approximate surface area is 137 Å². The monoisotopic (exact) mass is 351 g/mol. The van der Waals surface area contributed by atoms with Gasteiger partial charge in [0.05, 0.1) is 6.61 Å². The minimum Gasteiger partial charge on any atom is -0.439 e. The average Bonchev–Trinajstić information content (AvgIpc) is 2.77. The van der Waals surface area contributed by atoms with E-state index in [0.717, 1.165) is 4.68 Å². The first kappa shape index (κ1) is 19.3. The topological polar surface area (TPSA) is 73.3 Å². The number of rotatable bonds is 5. The first-order valence-corrected chi connectivity index (χ1v) is 6.55. The number of nitrogens with two attached hydrogens (primary N) is 1. The number of benzene rings is 1. The van der Waals surface area contributed by atoms with E-state index in [9.17, 15) is 13.2 Å². The Morgan fingerprint density at radius 1 is 1.30 bits per heavy atom. The maximum Gasteiger partial charge on any atom is 0.435 e. The smallest absolute Gasteiger partial charge is 0.435 e. The zero-order valence-corrected chi connectivity index (χ0v) is 13.1. The number of hydrogen-bond donors (Lipinski definition) is 2. The second kappa shape index (κ2) is 7.67. The molecule has 0 bridgehead atoms. The Bertz CT molecular complexity index is 632. The minimum atomic E-state index is -4.62. The van der Waals surface area contributed by atoms with Gasteiger partial charge in [-0.1, -0.05) is 18.2 Å². The summed E-state index contributed by atoms with van der Waals surface area (Å²) in [5.41, 5.74) is 4.36. The van der Waals surface area contributed by atoms with Crippen molar-refractivity contribution < 1.29 is 23.0 Å². The van der Waals surface area contributed by atoms with Crippen LogP contribution in [0.3, 0.4) is 0 Å². The van der Waals surface area contributed by atoms with Crippen molar-refractivity contribution >= 4 is 12.4 Å². The molecule has 1 aromatic carbocycles. The van der Waals surface area contributed by atoms with Crippen molar-refractivity contribution in [1.82, 2.24) is 9.78 Å². The van der Waals surface area contributed by atoms with Crippen LogP contribution in [-0.4, -0.2) is 27.5 Å². The molecule has 1 heterocycles. The fourth-order valence-electron chi connectivity index (χ4n) is 2.02. The van der Waals surface area contributed by atoms with Crippen LogP contribution in [0.4, 0.5) is 13.2 Å². The highest BCUT2D eigenvalue weighted by atomic mass is 35.5. The van der Waals surface area contributed by atoms with Crippen molar-refractivity contribution in [1.29, 1.82) is 0 Å². The van der Waals surface area contributed by atoms with E-state index in [-0.39, 0.29) is 30.3 Å². The summed E-state index contributed by atoms with van der Waals surface area (Å²) in [6, 6.07) is 7.58. The lowest BCUT2D eigenvalue weighted by Gasteiger charge is -2.13. The molecule has 23 heavy (non-hydrogen) atoms. The Morgan fingerprint density at radius 2 is 1.91 bits per heavy atom. The molecule has 0 saturated carbocycles. The Morgan fingerprint density at radius 3 is 2.43 bits per heavy atom. The second-order valence-electron chi connectivity index (χ2n) is 4.82. The molecule has 0 aliphatic carbocycles. The number of halogens is 4. The molecule has 0 aliphatic rings. The van der Waals surface area contributed by atoms with Crippen LogP contribution in [0.5, 0.6) is 11.6 Å². The van der Waals surface area contributed by atoms with Crippen molar-refractivity contribution in [2.24, 2.45) is 12.8 Å². The van der Waals surface area contributed by atoms with Crippen LogP contribution in [0.25, 0.3) is 0 Å². The molecule has 9 heteroatoms. The largest absolute Gasteiger partial charge is 0.439 e. The van der Waals surface area contributed by atoms with E-state index in [0.29, 0.717) is 5.75 Å². The molecule has 2 aromatic rings. The predicted molar refractivity (Wildman–Crippen MR) is 80.7 cm³/mol. The van der Waals surface area contributed by atoms with Crippen molar-refractivity contribution in [2.75, 3.05) is 6.61 Å². The molecule has 0 amide bonds. The van der Waals surface area contributed by atoms with Crippen LogP contribution < -0.4 is 10.5 Å². The summed E-state index contributed by atoms with van der Waals surface area (Å²) in [4.78, 5) is 0. The predicted octanol–water partition coefficient (Wildman–Crippen LogP) is 2.52. The van der Waals surface area contributed by atoms with Gasteiger partial charge in [-0.05, 0) is 18.6 Å². The molecule has 0 saturated heterocycles. The van der Waals surface area contributed by atoms with Crippen LogP contribution in [0, 0.1) is 0 Å². The summed E-state index contributed by atoms with van der Waals surface area (Å²) in [5.74, 6) is 0.348. The van der Waals surface area contributed by atoms with Gasteiger partial charge < -0.3 is 15.6 Å². The van der Waals surface area contributed by atoms with Crippen molar-refractivity contribution in [3.8, 4) is 11.6 Å². The van der Waals surface area contributed by atoms with Crippen LogP contribution >= 0.6 is 12.4 Å². The lowest BCUT2D eigenvalue weighted by atomic mass is 10.1. The van der Waals surface area contributed by atoms with Gasteiger partial charge in [0.25, 0.3) is 0 Å². The molecule has 0 fully saturated rings. The number of aryl methyl sites for hydroxylation is 1. The van der Waals surface area contributed by atoms with E-state index >= 15 is 0 Å². The first-order chi connectivity index (χ1) is 10.3. The normalized spacial score (nSPS) is 12.6. The zero-order chi connectivity index (χ0) is 16.3. The molecular weight excluding hydrogens is 335 g/mol. The van der Waals surface area contributed by atoms with E-state index in [1.165, 1.54) is 7.05 Å². The van der Waals surface area contributed by atoms with Gasteiger partial charge in [-0.25, -0.2) is 4.68 Å². The maximum absolute atomic E-state index is 13.1. The zero-order valence-electron chi connectivity index (χ0n) is 12.2. The molecule has 3 N–H and O–H groups in total. The van der Waals surface area contributed by atoms with Gasteiger partial charge in [-0.3, -0.25) is 0 Å². The van der Waals surface area contributed by atoms with E-state index in [2.05, 4.69) is 5.10 Å². The van der Waals surface area contributed by atoms with Crippen LogP contribution in [0.2, 0.25) is 0 Å². The van der Waals surface area contributed by atoms with Crippen molar-refractivity contribution in [3.05, 3.63) is 41.6 Å². The molecule has 128 valence electrons. The van der Waals surface area contributed by atoms with Crippen LogP contribution in [-0.2, 0) is 19.6 Å². The maximum atomic E-state index is 13.1. The number of aliphatic hydroxyl groups is 1. The van der Waals surface area contributed by atoms with E-state index < -0.39 is 24.5 Å². The fraction of sp³-hybridized carbons (Fsp3) is 0.357. The Hall–Kier alpha value is -1.77. The number of nitrogens with zero attached hydrogens (tertiary/aromatic N) is 2. The summed E-state index contributed by atoms with van der Waals surface area (Å²) in [6.07, 6.45) is -4.82. The fourth-order valence-corrected chi connectivity index (χ4v) is 2.02. The van der Waals surface area contributed by atoms with Crippen LogP contribution in [0.15, 0.2) is 30.3 Å². The number of alkyl halides is 3. The molecule has 2 rings (SSSR count). The average molecular weight is 352 g/mol. The lowest BCUT2D eigenvalue weighted by molar-refractivity contribution is -0.142. The quantitative estimate of drug-likeness (QED) is 0.868. The van der Waals surface area contributed by atoms with Gasteiger partial charge in [-0.2, -0.15) is 18.3 Å². The number of para-hydroxylation sites is 1. The molecule has 0 aliphatic heterocycles. The van der Waals surface area contributed by atoms with E-state index in [1.807, 2.05) is 0 Å². The van der Waals surface area contributed by atoms with Crippen LogP contribution in [0.1, 0.15) is 11.3 Å². The highest BCUT2D eigenvalue weighted by molar-refractivity contribution is 5.85. The van der Waals surface area contributed by atoms with Gasteiger partial charge in [0.2, 0.25) is 5.88 Å². The standard InChI is InChI=1S/C14H16F3N3O2.ClH/c1-20-13(22-10-5-3-2-4-6-10)11(7-9(18)8-21)12(19-20)14(15,16)17;/h2-6,9,21H,7-8,18H2,1H3;1H. The Balaban J connectivity index is 0.00000264. The molecular formula is C14H17ClF3N3O2. The van der Waals surface area contributed by atoms with Gasteiger partial charge >= 0.3 is 6.18 Å². The Kier molecular flexibility index (Phi) is 6.43. The third kappa shape index (κ3) is 4.60. The summed E-state index contributed by atoms with van der Waals surface area (Å²) in [6.45, 7) is -0.434. The summed E-state index contributed by atoms with van der Waals surface area (Å²) >= 11 is 0. The summed E-state index contributed by atoms with van der Waals surface area (Å²) in [7, 11) is 1.36. The van der Waals surface area contributed by atoms with Crippen molar-refractivity contribution in [3.63, 3.8) is 0 Å². The summed E-state index contributed by atoms with van der Waals surface area (Å²) < 4.78 is 45.8. The third-order valence-corrected chi connectivity index (χ3v) is 3.01. The number of hydrogen-bond acceptors (Lipinski definition) is 4. The third-order valence-electron chi connectivity index (χ3n) is 3.01. The van der Waals surface area contributed by atoms with Gasteiger partial charge in [0, 0.05) is 18.7 Å². The highest BCUT2D eigenvalue weighted by Crippen LogP contribution is 2.37. The van der Waals surface area contributed by atoms with E-state index in [1.54, 1.807) is 30.3 Å². The number of aliphatic hydroxyl groups excluding tert-OH is 1. The number of aromatic nitrogens is 2. The summed E-state index contributed by atoms with van der Waals surface area (Å²) in [5, 5.41) is 12.5. The van der Waals surface area contributed by atoms with Crippen molar-refractivity contribution in [2.45, 2.75) is 18.6 Å². The molecule has 5 nitrogen and oxygen atoms in total. The lowest BCUT2D eigenvalue weighted by Crippen LogP contribution is -2.28. The molecule has 0 spiro atoms. The van der Waals surface area contributed by atoms with Gasteiger partial charge in [-0.15, -0.1) is 12.4 Å². The minimum absolute atomic E-state index is 0. The molecule has 1 atom stereocenters. The molecule has 1 aromatic heterocycles. The van der Waals surface area contributed by atoms with Gasteiger partial charge in [0.1, 0.15) is 5.75 Å². The highest BCUT2D eigenvalue weighted by Gasteiger charge is 2.39. The number of ether oxygens (including phenoxy) is 1. The second-order valence-corrected chi connectivity index (χ2v) is 4.82. The SMILES string of the molecule is Cl.Cn1nc(C(F)(F)F)c(CC(N)CO)c1Oc1ccccc1. The molecule has 1 unspecified atom stereocenters. The van der Waals surface area contributed by atoms with Gasteiger partial charge in [0.15, 0.2) is 5.69 Å². The van der Waals surface area contributed by atoms with E-state index in [4.69, 9.17) is 15.6 Å². The molecule has 0 radical (unpaired) electrons. The first-order valence-electron chi connectivity index (χ1n) is 6.55.